The number of amides is 3. The number of carbonyl (C=O) groups excluding carboxylic acids is 2. The van der Waals surface area contributed by atoms with Gasteiger partial charge in [-0.15, -0.1) is 4.28 Å². The molecule has 3 N–H and O–H groups in total. The van der Waals surface area contributed by atoms with Crippen LogP contribution in [0.4, 0.5) is 4.79 Å². The van der Waals surface area contributed by atoms with Gasteiger partial charge in [0.25, 0.3) is 5.91 Å². The van der Waals surface area contributed by atoms with Crippen molar-refractivity contribution in [2.75, 3.05) is 13.2 Å². The smallest absolute Gasteiger partial charge is 0.348 e. The van der Waals surface area contributed by atoms with E-state index >= 15 is 0 Å². The second kappa shape index (κ2) is 6.95. The zero-order chi connectivity index (χ0) is 18.0. The first-order valence-corrected chi connectivity index (χ1v) is 8.87. The van der Waals surface area contributed by atoms with E-state index in [1.165, 1.54) is 11.2 Å². The van der Waals surface area contributed by atoms with Crippen molar-refractivity contribution in [3.8, 4) is 0 Å². The second-order valence-corrected chi connectivity index (χ2v) is 6.66. The molecule has 2 bridgehead atoms. The molecule has 1 aromatic rings. The highest BCUT2D eigenvalue weighted by molar-refractivity contribution is 7.80. The first-order chi connectivity index (χ1) is 11.8. The highest BCUT2D eigenvalue weighted by atomic mass is 32.3. The first-order valence-electron chi connectivity index (χ1n) is 7.51. The molecule has 0 spiro atoms. The molecule has 3 heterocycles. The highest BCUT2D eigenvalue weighted by Crippen LogP contribution is 2.30. The normalized spacial score (nSPS) is 23.2. The van der Waals surface area contributed by atoms with Gasteiger partial charge < -0.3 is 9.88 Å². The molecule has 2 saturated heterocycles. The summed E-state index contributed by atoms with van der Waals surface area (Å²) in [5.74, 6) is -0.509. The average Bonchev–Trinajstić information content (AvgIpc) is 3.14. The number of piperidine rings is 1. The van der Waals surface area contributed by atoms with Gasteiger partial charge in [0, 0.05) is 24.9 Å². The van der Waals surface area contributed by atoms with Gasteiger partial charge in [0.2, 0.25) is 0 Å². The van der Waals surface area contributed by atoms with Gasteiger partial charge in [0.15, 0.2) is 0 Å². The van der Waals surface area contributed by atoms with Gasteiger partial charge >= 0.3 is 16.4 Å². The monoisotopic (exact) mass is 375 g/mol. The molecule has 1 unspecified atom stereocenters. The SMILES string of the molecule is O=C(NOCCc1cnc[nH]1)[C@@H]1CCC2CN1C(=O)N2OS(=O)(=O)O. The minimum Gasteiger partial charge on any atom is -0.348 e. The molecule has 25 heavy (non-hydrogen) atoms. The Hall–Kier alpha value is -2.22. The Morgan fingerprint density at radius 1 is 1.48 bits per heavy atom. The summed E-state index contributed by atoms with van der Waals surface area (Å²) in [6, 6.07) is -2.14. The molecule has 2 aliphatic rings. The van der Waals surface area contributed by atoms with Crippen LogP contribution in [0.3, 0.4) is 0 Å². The number of imidazole rings is 1. The summed E-state index contributed by atoms with van der Waals surface area (Å²) >= 11 is 0. The van der Waals surface area contributed by atoms with E-state index in [0.717, 1.165) is 5.69 Å². The molecule has 1 aromatic heterocycles. The van der Waals surface area contributed by atoms with Gasteiger partial charge in [0.1, 0.15) is 6.04 Å². The fourth-order valence-electron chi connectivity index (χ4n) is 2.88. The van der Waals surface area contributed by atoms with Gasteiger partial charge in [0.05, 0.1) is 19.0 Å². The average molecular weight is 375 g/mol. The largest absolute Gasteiger partial charge is 0.418 e. The lowest BCUT2D eigenvalue weighted by Crippen LogP contribution is -2.49. The fraction of sp³-hybridized carbons (Fsp3) is 0.583. The van der Waals surface area contributed by atoms with Crippen molar-refractivity contribution in [3.63, 3.8) is 0 Å². The van der Waals surface area contributed by atoms with Gasteiger partial charge in [-0.3, -0.25) is 14.2 Å². The van der Waals surface area contributed by atoms with Crippen LogP contribution in [0.1, 0.15) is 18.5 Å². The van der Waals surface area contributed by atoms with E-state index in [4.69, 9.17) is 9.39 Å². The van der Waals surface area contributed by atoms with E-state index in [0.29, 0.717) is 24.3 Å². The number of rotatable bonds is 7. The van der Waals surface area contributed by atoms with Crippen LogP contribution in [0, 0.1) is 0 Å². The number of hydroxylamine groups is 3. The molecule has 138 valence electrons. The summed E-state index contributed by atoms with van der Waals surface area (Å²) in [6.07, 6.45) is 4.36. The molecule has 12 nitrogen and oxygen atoms in total. The maximum absolute atomic E-state index is 12.2. The molecule has 0 radical (unpaired) electrons. The number of fused-ring (bicyclic) bond motifs is 2. The standard InChI is InChI=1S/C12H17N5O7S/c18-11(15-23-4-3-8-5-13-7-14-8)10-2-1-9-6-16(10)12(19)17(9)24-25(20,21)22/h5,7,9-10H,1-4,6H2,(H,13,14)(H,15,18)(H,20,21,22)/t9?,10-/m0/s1. The van der Waals surface area contributed by atoms with Crippen LogP contribution >= 0.6 is 0 Å². The number of aromatic nitrogens is 2. The Balaban J connectivity index is 1.51. The van der Waals surface area contributed by atoms with Crippen LogP contribution in [0.15, 0.2) is 12.5 Å². The van der Waals surface area contributed by atoms with Crippen molar-refractivity contribution in [3.05, 3.63) is 18.2 Å². The first kappa shape index (κ1) is 17.6. The van der Waals surface area contributed by atoms with Crippen LogP contribution in [0.25, 0.3) is 0 Å². The molecule has 0 aromatic carbocycles. The molecular weight excluding hydrogens is 358 g/mol. The number of hydrogen-bond acceptors (Lipinski definition) is 7. The Morgan fingerprint density at radius 3 is 2.96 bits per heavy atom. The van der Waals surface area contributed by atoms with E-state index in [1.807, 2.05) is 0 Å². The lowest BCUT2D eigenvalue weighted by Gasteiger charge is -2.28. The Labute approximate surface area is 142 Å². The lowest BCUT2D eigenvalue weighted by molar-refractivity contribution is -0.138. The van der Waals surface area contributed by atoms with Crippen molar-refractivity contribution < 1.29 is 31.7 Å². The van der Waals surface area contributed by atoms with Gasteiger partial charge in [-0.1, -0.05) is 0 Å². The molecule has 2 atom stereocenters. The van der Waals surface area contributed by atoms with Gasteiger partial charge in [-0.2, -0.15) is 13.5 Å². The van der Waals surface area contributed by atoms with Crippen LogP contribution < -0.4 is 5.48 Å². The fourth-order valence-corrected chi connectivity index (χ4v) is 3.27. The Kier molecular flexibility index (Phi) is 4.89. The third-order valence-corrected chi connectivity index (χ3v) is 4.35. The van der Waals surface area contributed by atoms with E-state index in [9.17, 15) is 18.0 Å². The minimum absolute atomic E-state index is 0.126. The van der Waals surface area contributed by atoms with E-state index < -0.39 is 34.4 Å². The second-order valence-electron chi connectivity index (χ2n) is 5.65. The lowest BCUT2D eigenvalue weighted by atomic mass is 10.0. The number of urea groups is 1. The van der Waals surface area contributed by atoms with Gasteiger partial charge in [-0.25, -0.2) is 15.3 Å². The third kappa shape index (κ3) is 4.07. The number of nitrogens with one attached hydrogen (secondary N) is 2. The third-order valence-electron chi connectivity index (χ3n) is 4.00. The van der Waals surface area contributed by atoms with E-state index in [-0.39, 0.29) is 13.2 Å². The summed E-state index contributed by atoms with van der Waals surface area (Å²) < 4.78 is 34.7. The molecule has 2 aliphatic heterocycles. The predicted molar refractivity (Wildman–Crippen MR) is 79.8 cm³/mol. The van der Waals surface area contributed by atoms with Gasteiger partial charge in [-0.05, 0) is 12.8 Å². The number of hydrogen-bond donors (Lipinski definition) is 3. The number of nitrogens with zero attached hydrogens (tertiary/aromatic N) is 3. The topological polar surface area (TPSA) is 154 Å². The zero-order valence-electron chi connectivity index (χ0n) is 13.0. The highest BCUT2D eigenvalue weighted by Gasteiger charge is 2.49. The van der Waals surface area contributed by atoms with Crippen molar-refractivity contribution in [2.45, 2.75) is 31.3 Å². The van der Waals surface area contributed by atoms with Crippen molar-refractivity contribution in [2.24, 2.45) is 0 Å². The quantitative estimate of drug-likeness (QED) is 0.311. The molecule has 3 rings (SSSR count). The Morgan fingerprint density at radius 2 is 2.28 bits per heavy atom. The number of aromatic amines is 1. The summed E-state index contributed by atoms with van der Waals surface area (Å²) in [7, 11) is -4.81. The van der Waals surface area contributed by atoms with Crippen LogP contribution in [-0.4, -0.2) is 70.1 Å². The Bertz CT molecular complexity index is 737. The van der Waals surface area contributed by atoms with Crippen LogP contribution in [0.2, 0.25) is 0 Å². The van der Waals surface area contributed by atoms with Crippen molar-refractivity contribution in [1.29, 1.82) is 0 Å². The van der Waals surface area contributed by atoms with Crippen molar-refractivity contribution in [1.82, 2.24) is 25.4 Å². The predicted octanol–water partition coefficient (Wildman–Crippen LogP) is -0.997. The summed E-state index contributed by atoms with van der Waals surface area (Å²) in [5.41, 5.74) is 3.14. The summed E-state index contributed by atoms with van der Waals surface area (Å²) in [6.45, 7) is 0.343. The number of H-pyrrole nitrogens is 1. The van der Waals surface area contributed by atoms with Crippen LogP contribution in [-0.2, 0) is 30.7 Å². The van der Waals surface area contributed by atoms with E-state index in [1.54, 1.807) is 6.20 Å². The minimum atomic E-state index is -4.81. The maximum atomic E-state index is 12.2. The molecule has 0 aliphatic carbocycles. The summed E-state index contributed by atoms with van der Waals surface area (Å²) in [5, 5.41) is 0.585. The molecule has 3 amide bonds. The molecule has 2 fully saturated rings. The maximum Gasteiger partial charge on any atom is 0.418 e. The van der Waals surface area contributed by atoms with Crippen LogP contribution in [0.5, 0.6) is 0 Å². The summed E-state index contributed by atoms with van der Waals surface area (Å²) in [4.78, 5) is 37.4. The van der Waals surface area contributed by atoms with E-state index in [2.05, 4.69) is 19.7 Å². The number of carbonyl (C=O) groups is 2. The zero-order valence-corrected chi connectivity index (χ0v) is 13.8. The molecule has 13 heteroatoms. The van der Waals surface area contributed by atoms with Crippen molar-refractivity contribution >= 4 is 22.3 Å². The molecule has 0 saturated carbocycles. The molecular formula is C12H17N5O7S.